The summed E-state index contributed by atoms with van der Waals surface area (Å²) in [6.07, 6.45) is 4.07. The first kappa shape index (κ1) is 14.1. The molecule has 2 aromatic rings. The standard InChI is InChI=1S/C15H19N3O2/c1-18(2)10-17-14(15(19)20-3)8-11-9-16-13-7-5-4-6-12(11)13/h4-7,9-10,14,16H,8H2,1-3H3/t14-/m0/s1. The van der Waals surface area contributed by atoms with Crippen molar-refractivity contribution in [3.05, 3.63) is 36.0 Å². The van der Waals surface area contributed by atoms with E-state index >= 15 is 0 Å². The molecule has 0 saturated heterocycles. The van der Waals surface area contributed by atoms with E-state index in [0.29, 0.717) is 6.42 Å². The SMILES string of the molecule is COC(=O)[C@H](Cc1c[nH]c2ccccc12)N=CN(C)C. The molecule has 0 aliphatic carbocycles. The summed E-state index contributed by atoms with van der Waals surface area (Å²) in [4.78, 5) is 21.1. The van der Waals surface area contributed by atoms with Gasteiger partial charge in [-0.15, -0.1) is 0 Å². The van der Waals surface area contributed by atoms with E-state index < -0.39 is 6.04 Å². The predicted molar refractivity (Wildman–Crippen MR) is 80.0 cm³/mol. The average molecular weight is 273 g/mol. The Morgan fingerprint density at radius 1 is 1.45 bits per heavy atom. The van der Waals surface area contributed by atoms with Crippen LogP contribution in [0.3, 0.4) is 0 Å². The number of carbonyl (C=O) groups excluding carboxylic acids is 1. The lowest BCUT2D eigenvalue weighted by atomic mass is 10.1. The van der Waals surface area contributed by atoms with Crippen LogP contribution in [0.2, 0.25) is 0 Å². The molecule has 0 unspecified atom stereocenters. The van der Waals surface area contributed by atoms with Crippen molar-refractivity contribution in [2.45, 2.75) is 12.5 Å². The number of rotatable bonds is 5. The summed E-state index contributed by atoms with van der Waals surface area (Å²) in [6, 6.07) is 7.47. The summed E-state index contributed by atoms with van der Waals surface area (Å²) in [7, 11) is 5.11. The molecule has 0 fully saturated rings. The second-order valence-electron chi connectivity index (χ2n) is 4.83. The highest BCUT2D eigenvalue weighted by atomic mass is 16.5. The molecule has 0 amide bonds. The minimum absolute atomic E-state index is 0.326. The van der Waals surface area contributed by atoms with Crippen LogP contribution in [0.25, 0.3) is 10.9 Å². The van der Waals surface area contributed by atoms with Gasteiger partial charge in [-0.1, -0.05) is 18.2 Å². The van der Waals surface area contributed by atoms with Crippen molar-refractivity contribution in [3.8, 4) is 0 Å². The van der Waals surface area contributed by atoms with Crippen LogP contribution in [0.1, 0.15) is 5.56 Å². The van der Waals surface area contributed by atoms with E-state index in [-0.39, 0.29) is 5.97 Å². The second kappa shape index (κ2) is 6.23. The van der Waals surface area contributed by atoms with Gasteiger partial charge < -0.3 is 14.6 Å². The van der Waals surface area contributed by atoms with Gasteiger partial charge in [0.05, 0.1) is 13.4 Å². The lowest BCUT2D eigenvalue weighted by Crippen LogP contribution is -2.24. The number of aliphatic imine (C=N–C) groups is 1. The Hall–Kier alpha value is -2.30. The molecule has 0 aliphatic heterocycles. The normalized spacial score (nSPS) is 12.8. The number of esters is 1. The van der Waals surface area contributed by atoms with Crippen molar-refractivity contribution < 1.29 is 9.53 Å². The van der Waals surface area contributed by atoms with Crippen LogP contribution >= 0.6 is 0 Å². The van der Waals surface area contributed by atoms with E-state index in [0.717, 1.165) is 16.5 Å². The minimum atomic E-state index is -0.526. The summed E-state index contributed by atoms with van der Waals surface area (Å²) < 4.78 is 4.82. The maximum absolute atomic E-state index is 11.8. The number of aromatic nitrogens is 1. The molecule has 0 radical (unpaired) electrons. The molecule has 2 rings (SSSR count). The lowest BCUT2D eigenvalue weighted by Gasteiger charge is -2.11. The molecule has 5 nitrogen and oxygen atoms in total. The van der Waals surface area contributed by atoms with E-state index in [1.54, 1.807) is 11.2 Å². The number of para-hydroxylation sites is 1. The molecule has 0 bridgehead atoms. The maximum atomic E-state index is 11.8. The smallest absolute Gasteiger partial charge is 0.330 e. The molecular weight excluding hydrogens is 254 g/mol. The summed E-state index contributed by atoms with van der Waals surface area (Å²) in [5.41, 5.74) is 2.12. The van der Waals surface area contributed by atoms with Crippen LogP contribution in [0, 0.1) is 0 Å². The molecule has 1 N–H and O–H groups in total. The van der Waals surface area contributed by atoms with Crippen molar-refractivity contribution in [2.75, 3.05) is 21.2 Å². The zero-order valence-electron chi connectivity index (χ0n) is 12.0. The Kier molecular flexibility index (Phi) is 4.40. The molecule has 106 valence electrons. The first-order valence-electron chi connectivity index (χ1n) is 6.44. The first-order valence-corrected chi connectivity index (χ1v) is 6.44. The van der Waals surface area contributed by atoms with E-state index in [4.69, 9.17) is 4.74 Å². The average Bonchev–Trinajstić information content (AvgIpc) is 2.85. The number of hydrogen-bond acceptors (Lipinski definition) is 3. The van der Waals surface area contributed by atoms with E-state index in [2.05, 4.69) is 9.98 Å². The Bertz CT molecular complexity index is 616. The molecule has 0 saturated carbocycles. The third-order valence-electron chi connectivity index (χ3n) is 3.04. The number of fused-ring (bicyclic) bond motifs is 1. The topological polar surface area (TPSA) is 57.7 Å². The Balaban J connectivity index is 2.25. The number of aromatic amines is 1. The van der Waals surface area contributed by atoms with Crippen LogP contribution in [-0.4, -0.2) is 49.4 Å². The van der Waals surface area contributed by atoms with Gasteiger partial charge in [-0.3, -0.25) is 4.99 Å². The highest BCUT2D eigenvalue weighted by Gasteiger charge is 2.19. The molecule has 1 aromatic carbocycles. The van der Waals surface area contributed by atoms with Crippen LogP contribution < -0.4 is 0 Å². The molecule has 0 spiro atoms. The van der Waals surface area contributed by atoms with Crippen molar-refractivity contribution in [2.24, 2.45) is 4.99 Å². The fourth-order valence-corrected chi connectivity index (χ4v) is 2.06. The molecule has 5 heteroatoms. The van der Waals surface area contributed by atoms with Gasteiger partial charge in [-0.25, -0.2) is 4.79 Å². The highest BCUT2D eigenvalue weighted by Crippen LogP contribution is 2.20. The molecule has 1 heterocycles. The third-order valence-corrected chi connectivity index (χ3v) is 3.04. The first-order chi connectivity index (χ1) is 9.61. The van der Waals surface area contributed by atoms with Gasteiger partial charge in [0.15, 0.2) is 6.04 Å². The van der Waals surface area contributed by atoms with Crippen molar-refractivity contribution >= 4 is 23.2 Å². The predicted octanol–water partition coefficient (Wildman–Crippen LogP) is 1.84. The monoisotopic (exact) mass is 273 g/mol. The fourth-order valence-electron chi connectivity index (χ4n) is 2.06. The van der Waals surface area contributed by atoms with Crippen molar-refractivity contribution in [3.63, 3.8) is 0 Å². The van der Waals surface area contributed by atoms with Gasteiger partial charge in [-0.2, -0.15) is 0 Å². The van der Waals surface area contributed by atoms with Gasteiger partial charge in [0.25, 0.3) is 0 Å². The minimum Gasteiger partial charge on any atom is -0.467 e. The number of benzene rings is 1. The number of methoxy groups -OCH3 is 1. The van der Waals surface area contributed by atoms with Gasteiger partial charge in [-0.05, 0) is 11.6 Å². The zero-order chi connectivity index (χ0) is 14.5. The Morgan fingerprint density at radius 3 is 2.90 bits per heavy atom. The van der Waals surface area contributed by atoms with Gasteiger partial charge in [0.2, 0.25) is 0 Å². The quantitative estimate of drug-likeness (QED) is 0.514. The number of nitrogens with one attached hydrogen (secondary N) is 1. The molecule has 20 heavy (non-hydrogen) atoms. The van der Waals surface area contributed by atoms with E-state index in [9.17, 15) is 4.79 Å². The van der Waals surface area contributed by atoms with Crippen molar-refractivity contribution in [1.29, 1.82) is 0 Å². The van der Waals surface area contributed by atoms with E-state index in [1.807, 2.05) is 44.6 Å². The summed E-state index contributed by atoms with van der Waals surface area (Å²) in [6.45, 7) is 0. The van der Waals surface area contributed by atoms with Crippen LogP contribution in [0.4, 0.5) is 0 Å². The van der Waals surface area contributed by atoms with Crippen LogP contribution in [0.15, 0.2) is 35.5 Å². The fraction of sp³-hybridized carbons (Fsp3) is 0.333. The largest absolute Gasteiger partial charge is 0.467 e. The molecule has 1 atom stereocenters. The van der Waals surface area contributed by atoms with Crippen LogP contribution in [-0.2, 0) is 16.0 Å². The highest BCUT2D eigenvalue weighted by molar-refractivity contribution is 5.85. The number of nitrogens with zero attached hydrogens (tertiary/aromatic N) is 2. The van der Waals surface area contributed by atoms with Gasteiger partial charge in [0.1, 0.15) is 0 Å². The summed E-state index contributed by atoms with van der Waals surface area (Å²) in [5.74, 6) is -0.326. The Morgan fingerprint density at radius 2 is 2.20 bits per heavy atom. The third kappa shape index (κ3) is 3.17. The summed E-state index contributed by atoms with van der Waals surface area (Å²) in [5, 5.41) is 1.11. The van der Waals surface area contributed by atoms with E-state index in [1.165, 1.54) is 7.11 Å². The molecular formula is C15H19N3O2. The Labute approximate surface area is 118 Å². The summed E-state index contributed by atoms with van der Waals surface area (Å²) >= 11 is 0. The van der Waals surface area contributed by atoms with Gasteiger partial charge in [0, 0.05) is 37.6 Å². The zero-order valence-corrected chi connectivity index (χ0v) is 12.0. The van der Waals surface area contributed by atoms with Crippen molar-refractivity contribution in [1.82, 2.24) is 9.88 Å². The molecule has 0 aliphatic rings. The number of carbonyl (C=O) groups is 1. The lowest BCUT2D eigenvalue weighted by molar-refractivity contribution is -0.142. The second-order valence-corrected chi connectivity index (χ2v) is 4.83. The number of H-pyrrole nitrogens is 1. The number of ether oxygens (including phenoxy) is 1. The maximum Gasteiger partial charge on any atom is 0.330 e. The number of hydrogen-bond donors (Lipinski definition) is 1. The van der Waals surface area contributed by atoms with Gasteiger partial charge >= 0.3 is 5.97 Å². The van der Waals surface area contributed by atoms with Crippen LogP contribution in [0.5, 0.6) is 0 Å². The molecule has 1 aromatic heterocycles.